The minimum atomic E-state index is -1.16. The molecule has 7 nitrogen and oxygen atoms in total. The van der Waals surface area contributed by atoms with Crippen LogP contribution in [-0.4, -0.2) is 21.5 Å². The lowest BCUT2D eigenvalue weighted by Crippen LogP contribution is -2.39. The molecule has 92 valence electrons. The first-order valence-corrected chi connectivity index (χ1v) is 5.76. The van der Waals surface area contributed by atoms with Gasteiger partial charge in [0.15, 0.2) is 6.04 Å². The van der Waals surface area contributed by atoms with Gasteiger partial charge in [0.1, 0.15) is 5.52 Å². The maximum Gasteiger partial charge on any atom is 0.251 e. The zero-order valence-corrected chi connectivity index (χ0v) is 9.98. The average Bonchev–Trinajstić information content (AvgIpc) is 2.83. The van der Waals surface area contributed by atoms with E-state index in [-0.39, 0.29) is 6.61 Å². The molecule has 3 N–H and O–H groups in total. The maximum atomic E-state index is 10.8. The molecule has 0 aliphatic carbocycles. The van der Waals surface area contributed by atoms with Crippen molar-refractivity contribution >= 4 is 27.7 Å². The quantitative estimate of drug-likeness (QED) is 0.739. The molecular weight excluding hydrogens is 254 g/mol. The average molecular weight is 263 g/mol. The Morgan fingerprint density at radius 1 is 1.67 bits per heavy atom. The molecule has 8 heteroatoms. The van der Waals surface area contributed by atoms with Gasteiger partial charge in [-0.15, -0.1) is 5.10 Å². The van der Waals surface area contributed by atoms with Gasteiger partial charge >= 0.3 is 0 Å². The van der Waals surface area contributed by atoms with Gasteiger partial charge in [-0.05, 0) is 17.6 Å². The van der Waals surface area contributed by atoms with Crippen molar-refractivity contribution in [2.24, 2.45) is 5.73 Å². The highest BCUT2D eigenvalue weighted by atomic mass is 32.1. The maximum absolute atomic E-state index is 10.8. The van der Waals surface area contributed by atoms with Crippen molar-refractivity contribution in [1.29, 1.82) is 5.26 Å². The topological polar surface area (TPSA) is 114 Å². The SMILES string of the molecule is N#CC(NOCc1cccc2nnsc12)C(N)=O. The number of fused-ring (bicyclic) bond motifs is 1. The second kappa shape index (κ2) is 5.50. The van der Waals surface area contributed by atoms with E-state index in [2.05, 4.69) is 15.1 Å². The molecule has 1 atom stereocenters. The van der Waals surface area contributed by atoms with E-state index in [1.165, 1.54) is 11.5 Å². The Morgan fingerprint density at radius 2 is 2.50 bits per heavy atom. The molecule has 1 aromatic carbocycles. The van der Waals surface area contributed by atoms with Crippen LogP contribution in [0.5, 0.6) is 0 Å². The zero-order chi connectivity index (χ0) is 13.0. The molecule has 18 heavy (non-hydrogen) atoms. The highest BCUT2D eigenvalue weighted by molar-refractivity contribution is 7.13. The van der Waals surface area contributed by atoms with Crippen molar-refractivity contribution in [2.75, 3.05) is 0 Å². The van der Waals surface area contributed by atoms with Crippen LogP contribution in [0.25, 0.3) is 10.2 Å². The van der Waals surface area contributed by atoms with Crippen LogP contribution >= 0.6 is 11.5 Å². The number of nitrogens with two attached hydrogens (primary N) is 1. The van der Waals surface area contributed by atoms with E-state index in [1.807, 2.05) is 18.2 Å². The number of nitriles is 1. The summed E-state index contributed by atoms with van der Waals surface area (Å²) in [5.74, 6) is -0.782. The van der Waals surface area contributed by atoms with Crippen LogP contribution < -0.4 is 11.2 Å². The number of carbonyl (C=O) groups excluding carboxylic acids is 1. The summed E-state index contributed by atoms with van der Waals surface area (Å²) in [5, 5.41) is 12.6. The standard InChI is InChI=1S/C10H9N5O2S/c11-4-8(10(12)16)14-17-5-6-2-1-3-7-9(6)18-15-13-7/h1-3,8,14H,5H2,(H2,12,16). The molecule has 0 aliphatic rings. The van der Waals surface area contributed by atoms with E-state index in [9.17, 15) is 4.79 Å². The molecule has 1 unspecified atom stereocenters. The Labute approximate surface area is 106 Å². The van der Waals surface area contributed by atoms with Gasteiger partial charge in [-0.1, -0.05) is 16.6 Å². The number of rotatable bonds is 5. The van der Waals surface area contributed by atoms with Gasteiger partial charge in [0.05, 0.1) is 17.4 Å². The van der Waals surface area contributed by atoms with Gasteiger partial charge in [0, 0.05) is 5.56 Å². The largest absolute Gasteiger partial charge is 0.367 e. The van der Waals surface area contributed by atoms with Gasteiger partial charge in [0.2, 0.25) is 0 Å². The smallest absolute Gasteiger partial charge is 0.251 e. The number of aromatic nitrogens is 2. The monoisotopic (exact) mass is 263 g/mol. The predicted molar refractivity (Wildman–Crippen MR) is 63.9 cm³/mol. The molecule has 0 saturated heterocycles. The molecule has 0 saturated carbocycles. The summed E-state index contributed by atoms with van der Waals surface area (Å²) in [4.78, 5) is 15.9. The summed E-state index contributed by atoms with van der Waals surface area (Å²) < 4.78 is 4.75. The zero-order valence-electron chi connectivity index (χ0n) is 9.16. The van der Waals surface area contributed by atoms with E-state index >= 15 is 0 Å². The number of carbonyl (C=O) groups is 1. The molecule has 0 spiro atoms. The van der Waals surface area contributed by atoms with Crippen molar-refractivity contribution in [3.63, 3.8) is 0 Å². The molecule has 0 aliphatic heterocycles. The summed E-state index contributed by atoms with van der Waals surface area (Å²) in [6.07, 6.45) is 0. The van der Waals surface area contributed by atoms with E-state index < -0.39 is 11.9 Å². The summed E-state index contributed by atoms with van der Waals surface area (Å²) in [6, 6.07) is 6.06. The Bertz CT molecular complexity index is 606. The highest BCUT2D eigenvalue weighted by Crippen LogP contribution is 2.20. The molecule has 0 bridgehead atoms. The lowest BCUT2D eigenvalue weighted by atomic mass is 10.2. The van der Waals surface area contributed by atoms with Crippen molar-refractivity contribution in [3.8, 4) is 6.07 Å². The van der Waals surface area contributed by atoms with Gasteiger partial charge in [-0.2, -0.15) is 10.7 Å². The minimum Gasteiger partial charge on any atom is -0.367 e. The van der Waals surface area contributed by atoms with Crippen LogP contribution in [0.2, 0.25) is 0 Å². The molecule has 2 aromatic rings. The fraction of sp³-hybridized carbons (Fsp3) is 0.200. The summed E-state index contributed by atoms with van der Waals surface area (Å²) in [6.45, 7) is 0.187. The van der Waals surface area contributed by atoms with Gasteiger partial charge in [0.25, 0.3) is 5.91 Å². The van der Waals surface area contributed by atoms with Crippen molar-refractivity contribution in [2.45, 2.75) is 12.6 Å². The number of hydroxylamine groups is 1. The van der Waals surface area contributed by atoms with Crippen LogP contribution in [0.1, 0.15) is 5.56 Å². The Morgan fingerprint density at radius 3 is 3.22 bits per heavy atom. The van der Waals surface area contributed by atoms with E-state index in [1.54, 1.807) is 6.07 Å². The predicted octanol–water partition coefficient (Wildman–Crippen LogP) is 0.0900. The molecule has 1 heterocycles. The first-order valence-electron chi connectivity index (χ1n) is 4.98. The van der Waals surface area contributed by atoms with Crippen LogP contribution in [-0.2, 0) is 16.2 Å². The molecule has 0 radical (unpaired) electrons. The van der Waals surface area contributed by atoms with Gasteiger partial charge in [-0.25, -0.2) is 0 Å². The van der Waals surface area contributed by atoms with Crippen LogP contribution in [0.3, 0.4) is 0 Å². The van der Waals surface area contributed by atoms with Crippen LogP contribution in [0.15, 0.2) is 18.2 Å². The van der Waals surface area contributed by atoms with E-state index in [0.29, 0.717) is 0 Å². The number of amides is 1. The second-order valence-electron chi connectivity index (χ2n) is 3.41. The number of benzene rings is 1. The fourth-order valence-electron chi connectivity index (χ4n) is 1.33. The normalized spacial score (nSPS) is 12.2. The Kier molecular flexibility index (Phi) is 3.78. The Hall–Kier alpha value is -2.08. The van der Waals surface area contributed by atoms with Gasteiger partial charge < -0.3 is 5.73 Å². The molecule has 2 rings (SSSR count). The van der Waals surface area contributed by atoms with Crippen LogP contribution in [0.4, 0.5) is 0 Å². The number of primary amides is 1. The lowest BCUT2D eigenvalue weighted by Gasteiger charge is -2.08. The first-order chi connectivity index (χ1) is 8.72. The van der Waals surface area contributed by atoms with Crippen LogP contribution in [0, 0.1) is 11.3 Å². The first kappa shape index (κ1) is 12.4. The fourth-order valence-corrected chi connectivity index (χ4v) is 1.98. The van der Waals surface area contributed by atoms with E-state index in [0.717, 1.165) is 15.8 Å². The second-order valence-corrected chi connectivity index (χ2v) is 4.16. The molecular formula is C10H9N5O2S. The molecule has 1 aromatic heterocycles. The summed E-state index contributed by atoms with van der Waals surface area (Å²) >= 11 is 1.26. The Balaban J connectivity index is 2.01. The summed E-state index contributed by atoms with van der Waals surface area (Å²) in [5.41, 5.74) is 8.94. The van der Waals surface area contributed by atoms with Gasteiger partial charge in [-0.3, -0.25) is 9.63 Å². The van der Waals surface area contributed by atoms with Crippen molar-refractivity contribution < 1.29 is 9.63 Å². The number of hydrogen-bond donors (Lipinski definition) is 2. The summed E-state index contributed by atoms with van der Waals surface area (Å²) in [7, 11) is 0. The van der Waals surface area contributed by atoms with E-state index in [4.69, 9.17) is 15.8 Å². The third-order valence-electron chi connectivity index (χ3n) is 2.20. The lowest BCUT2D eigenvalue weighted by molar-refractivity contribution is -0.122. The minimum absolute atomic E-state index is 0.187. The third-order valence-corrected chi connectivity index (χ3v) is 3.02. The highest BCUT2D eigenvalue weighted by Gasteiger charge is 2.13. The third kappa shape index (κ3) is 2.60. The number of nitrogens with one attached hydrogen (secondary N) is 1. The number of hydrogen-bond acceptors (Lipinski definition) is 7. The van der Waals surface area contributed by atoms with Crippen molar-refractivity contribution in [3.05, 3.63) is 23.8 Å². The molecule has 0 fully saturated rings. The number of nitrogens with zero attached hydrogens (tertiary/aromatic N) is 3. The van der Waals surface area contributed by atoms with Crippen molar-refractivity contribution in [1.82, 2.24) is 15.1 Å². The molecule has 1 amide bonds.